The van der Waals surface area contributed by atoms with Crippen LogP contribution in [-0.2, 0) is 13.5 Å². The average Bonchev–Trinajstić information content (AvgIpc) is 2.93. The minimum Gasteiger partial charge on any atom is -0.338 e. The largest absolute Gasteiger partial charge is 0.338 e. The van der Waals surface area contributed by atoms with Gasteiger partial charge in [-0.25, -0.2) is 4.98 Å². The highest BCUT2D eigenvalue weighted by molar-refractivity contribution is 4.90. The summed E-state index contributed by atoms with van der Waals surface area (Å²) < 4.78 is 2.14. The third kappa shape index (κ3) is 10.0. The van der Waals surface area contributed by atoms with E-state index in [0.29, 0.717) is 0 Å². The predicted octanol–water partition coefficient (Wildman–Crippen LogP) is 6.44. The van der Waals surface area contributed by atoms with Crippen LogP contribution in [0.3, 0.4) is 0 Å². The van der Waals surface area contributed by atoms with Gasteiger partial charge in [0.15, 0.2) is 0 Å². The van der Waals surface area contributed by atoms with Gasteiger partial charge in [0.25, 0.3) is 0 Å². The van der Waals surface area contributed by atoms with Gasteiger partial charge in [-0.05, 0) is 6.42 Å². The third-order valence-corrected chi connectivity index (χ3v) is 4.67. The molecule has 0 spiro atoms. The van der Waals surface area contributed by atoms with Gasteiger partial charge in [-0.3, -0.25) is 0 Å². The van der Waals surface area contributed by atoms with E-state index in [9.17, 15) is 0 Å². The van der Waals surface area contributed by atoms with Crippen LogP contribution in [0.15, 0.2) is 12.4 Å². The van der Waals surface area contributed by atoms with Crippen LogP contribution in [0.4, 0.5) is 0 Å². The van der Waals surface area contributed by atoms with Gasteiger partial charge in [0.05, 0.1) is 0 Å². The summed E-state index contributed by atoms with van der Waals surface area (Å²) in [5.41, 5.74) is 0. The third-order valence-electron chi connectivity index (χ3n) is 4.67. The first-order valence-corrected chi connectivity index (χ1v) is 9.80. The Morgan fingerprint density at radius 3 is 1.59 bits per heavy atom. The lowest BCUT2D eigenvalue weighted by molar-refractivity contribution is 0.534. The Labute approximate surface area is 138 Å². The standard InChI is InChI=1S/C20H38N2/c1-3-4-5-6-7-8-9-10-11-12-13-14-15-16-17-20-21-18-19-22(20)2/h18-19H,3-17H2,1-2H3. The first-order valence-electron chi connectivity index (χ1n) is 9.80. The van der Waals surface area contributed by atoms with E-state index in [2.05, 4.69) is 23.5 Å². The average molecular weight is 307 g/mol. The molecule has 0 saturated carbocycles. The van der Waals surface area contributed by atoms with Crippen molar-refractivity contribution in [2.75, 3.05) is 0 Å². The van der Waals surface area contributed by atoms with Gasteiger partial charge < -0.3 is 4.57 Å². The van der Waals surface area contributed by atoms with Gasteiger partial charge in [0.2, 0.25) is 0 Å². The van der Waals surface area contributed by atoms with Crippen LogP contribution in [-0.4, -0.2) is 9.55 Å². The molecule has 1 aromatic heterocycles. The highest BCUT2D eigenvalue weighted by Gasteiger charge is 1.98. The van der Waals surface area contributed by atoms with Crippen molar-refractivity contribution in [1.82, 2.24) is 9.55 Å². The molecular formula is C20H38N2. The number of hydrogen-bond donors (Lipinski definition) is 0. The van der Waals surface area contributed by atoms with Gasteiger partial charge in [-0.2, -0.15) is 0 Å². The number of nitrogens with zero attached hydrogens (tertiary/aromatic N) is 2. The van der Waals surface area contributed by atoms with Crippen molar-refractivity contribution in [2.45, 2.75) is 103 Å². The summed E-state index contributed by atoms with van der Waals surface area (Å²) in [7, 11) is 2.09. The summed E-state index contributed by atoms with van der Waals surface area (Å²) in [6, 6.07) is 0. The van der Waals surface area contributed by atoms with Gasteiger partial charge in [-0.1, -0.05) is 90.4 Å². The molecular weight excluding hydrogens is 268 g/mol. The molecule has 128 valence electrons. The van der Waals surface area contributed by atoms with E-state index in [4.69, 9.17) is 0 Å². The number of rotatable bonds is 15. The number of unbranched alkanes of at least 4 members (excludes halogenated alkanes) is 13. The van der Waals surface area contributed by atoms with Crippen molar-refractivity contribution < 1.29 is 0 Å². The molecule has 1 aromatic rings. The zero-order chi connectivity index (χ0) is 15.9. The van der Waals surface area contributed by atoms with Crippen molar-refractivity contribution in [1.29, 1.82) is 0 Å². The van der Waals surface area contributed by atoms with E-state index >= 15 is 0 Å². The summed E-state index contributed by atoms with van der Waals surface area (Å²) in [6.45, 7) is 2.29. The van der Waals surface area contributed by atoms with Crippen molar-refractivity contribution in [2.24, 2.45) is 7.05 Å². The lowest BCUT2D eigenvalue weighted by Gasteiger charge is -2.04. The summed E-state index contributed by atoms with van der Waals surface area (Å²) in [6.07, 6.45) is 25.0. The van der Waals surface area contributed by atoms with E-state index in [1.165, 1.54) is 95.7 Å². The number of imidazole rings is 1. The lowest BCUT2D eigenvalue weighted by atomic mass is 10.0. The normalized spacial score (nSPS) is 11.2. The molecule has 0 amide bonds. The van der Waals surface area contributed by atoms with Crippen LogP contribution in [0.1, 0.15) is 103 Å². The van der Waals surface area contributed by atoms with E-state index in [1.54, 1.807) is 0 Å². The minimum atomic E-state index is 1.14. The number of aryl methyl sites for hydroxylation is 2. The Kier molecular flexibility index (Phi) is 12.1. The molecule has 0 bridgehead atoms. The van der Waals surface area contributed by atoms with Crippen LogP contribution in [0.5, 0.6) is 0 Å². The first-order chi connectivity index (χ1) is 10.8. The van der Waals surface area contributed by atoms with Crippen molar-refractivity contribution in [3.8, 4) is 0 Å². The molecule has 0 radical (unpaired) electrons. The molecule has 0 aliphatic rings. The molecule has 1 heterocycles. The molecule has 0 atom stereocenters. The molecule has 0 unspecified atom stereocenters. The van der Waals surface area contributed by atoms with Crippen molar-refractivity contribution in [3.05, 3.63) is 18.2 Å². The maximum absolute atomic E-state index is 4.38. The van der Waals surface area contributed by atoms with Gasteiger partial charge >= 0.3 is 0 Å². The molecule has 0 saturated heterocycles. The van der Waals surface area contributed by atoms with E-state index in [1.807, 2.05) is 12.4 Å². The summed E-state index contributed by atoms with van der Waals surface area (Å²) in [4.78, 5) is 4.38. The topological polar surface area (TPSA) is 17.8 Å². The Balaban J connectivity index is 1.74. The maximum Gasteiger partial charge on any atom is 0.108 e. The Bertz CT molecular complexity index is 343. The van der Waals surface area contributed by atoms with Crippen LogP contribution in [0.25, 0.3) is 0 Å². The molecule has 22 heavy (non-hydrogen) atoms. The zero-order valence-corrected chi connectivity index (χ0v) is 15.2. The molecule has 0 fully saturated rings. The summed E-state index contributed by atoms with van der Waals surface area (Å²) in [5, 5.41) is 0. The van der Waals surface area contributed by atoms with Crippen molar-refractivity contribution in [3.63, 3.8) is 0 Å². The second-order valence-electron chi connectivity index (χ2n) is 6.80. The molecule has 0 aliphatic heterocycles. The van der Waals surface area contributed by atoms with E-state index < -0.39 is 0 Å². The summed E-state index contributed by atoms with van der Waals surface area (Å²) in [5.74, 6) is 1.24. The van der Waals surface area contributed by atoms with E-state index in [-0.39, 0.29) is 0 Å². The molecule has 0 aromatic carbocycles. The second-order valence-corrected chi connectivity index (χ2v) is 6.80. The number of aromatic nitrogens is 2. The van der Waals surface area contributed by atoms with Crippen LogP contribution >= 0.6 is 0 Å². The first kappa shape index (κ1) is 19.3. The predicted molar refractivity (Wildman–Crippen MR) is 97.2 cm³/mol. The van der Waals surface area contributed by atoms with Crippen molar-refractivity contribution >= 4 is 0 Å². The fourth-order valence-corrected chi connectivity index (χ4v) is 3.12. The van der Waals surface area contributed by atoms with Gasteiger partial charge in [0.1, 0.15) is 5.82 Å². The minimum absolute atomic E-state index is 1.14. The molecule has 2 heteroatoms. The Morgan fingerprint density at radius 1 is 0.727 bits per heavy atom. The Morgan fingerprint density at radius 2 is 1.18 bits per heavy atom. The fourth-order valence-electron chi connectivity index (χ4n) is 3.12. The molecule has 0 N–H and O–H groups in total. The Hall–Kier alpha value is -0.790. The monoisotopic (exact) mass is 306 g/mol. The SMILES string of the molecule is CCCCCCCCCCCCCCCCc1nccn1C. The fraction of sp³-hybridized carbons (Fsp3) is 0.850. The maximum atomic E-state index is 4.38. The molecule has 0 aliphatic carbocycles. The highest BCUT2D eigenvalue weighted by Crippen LogP contribution is 2.13. The number of hydrogen-bond acceptors (Lipinski definition) is 1. The van der Waals surface area contributed by atoms with Gasteiger partial charge in [0, 0.05) is 25.9 Å². The molecule has 2 nitrogen and oxygen atoms in total. The van der Waals surface area contributed by atoms with Gasteiger partial charge in [-0.15, -0.1) is 0 Å². The second kappa shape index (κ2) is 13.8. The zero-order valence-electron chi connectivity index (χ0n) is 15.2. The van der Waals surface area contributed by atoms with Crippen LogP contribution in [0, 0.1) is 0 Å². The van der Waals surface area contributed by atoms with E-state index in [0.717, 1.165) is 6.42 Å². The van der Waals surface area contributed by atoms with Crippen LogP contribution in [0.2, 0.25) is 0 Å². The van der Waals surface area contributed by atoms with Crippen LogP contribution < -0.4 is 0 Å². The highest BCUT2D eigenvalue weighted by atomic mass is 15.0. The lowest BCUT2D eigenvalue weighted by Crippen LogP contribution is -1.97. The quantitative estimate of drug-likeness (QED) is 0.341. The summed E-state index contributed by atoms with van der Waals surface area (Å²) >= 11 is 0. The smallest absolute Gasteiger partial charge is 0.108 e. The molecule has 1 rings (SSSR count).